The van der Waals surface area contributed by atoms with Gasteiger partial charge in [-0.2, -0.15) is 0 Å². The van der Waals surface area contributed by atoms with Gasteiger partial charge in [0.15, 0.2) is 5.60 Å². The van der Waals surface area contributed by atoms with E-state index in [1.165, 1.54) is 18.6 Å². The van der Waals surface area contributed by atoms with Crippen molar-refractivity contribution in [2.75, 3.05) is 0 Å². The normalized spacial score (nSPS) is 18.5. The van der Waals surface area contributed by atoms with Crippen LogP contribution in [0.25, 0.3) is 11.1 Å². The lowest BCUT2D eigenvalue weighted by atomic mass is 9.88. The minimum atomic E-state index is -1.91. The van der Waals surface area contributed by atoms with E-state index in [-0.39, 0.29) is 12.3 Å². The Kier molecular flexibility index (Phi) is 7.55. The Morgan fingerprint density at radius 3 is 2.22 bits per heavy atom. The molecule has 1 aliphatic rings. The number of aryl methyl sites for hydroxylation is 2. The molecule has 0 bridgehead atoms. The van der Waals surface area contributed by atoms with Crippen LogP contribution in [0.5, 0.6) is 0 Å². The van der Waals surface area contributed by atoms with Crippen molar-refractivity contribution in [2.24, 2.45) is 0 Å². The fraction of sp³-hybridized carbons (Fsp3) is 0.303. The number of imide groups is 1. The highest BCUT2D eigenvalue weighted by atomic mass is 16.6. The van der Waals surface area contributed by atoms with Gasteiger partial charge in [0, 0.05) is 6.07 Å². The average Bonchev–Trinajstić information content (AvgIpc) is 3.50. The lowest BCUT2D eigenvalue weighted by Crippen LogP contribution is -2.54. The molecule has 8 heteroatoms. The Morgan fingerprint density at radius 1 is 1.02 bits per heavy atom. The van der Waals surface area contributed by atoms with Gasteiger partial charge >= 0.3 is 6.09 Å². The summed E-state index contributed by atoms with van der Waals surface area (Å²) < 4.78 is 17.1. The van der Waals surface area contributed by atoms with Crippen LogP contribution >= 0.6 is 0 Å². The van der Waals surface area contributed by atoms with E-state index in [1.54, 1.807) is 20.8 Å². The number of benzene rings is 3. The Morgan fingerprint density at radius 2 is 1.63 bits per heavy atom. The smallest absolute Gasteiger partial charge is 0.417 e. The summed E-state index contributed by atoms with van der Waals surface area (Å²) in [5.41, 5.74) is 2.01. The molecule has 1 saturated heterocycles. The molecule has 212 valence electrons. The summed E-state index contributed by atoms with van der Waals surface area (Å²) in [6.45, 7) is 8.69. The second-order valence-corrected chi connectivity index (χ2v) is 11.2. The minimum absolute atomic E-state index is 0.00735. The number of nitrogens with zero attached hydrogens (tertiary/aromatic N) is 2. The molecule has 2 amide bonds. The van der Waals surface area contributed by atoms with Crippen LogP contribution < -0.4 is 0 Å². The molecule has 0 spiro atoms. The van der Waals surface area contributed by atoms with Gasteiger partial charge in [0.1, 0.15) is 29.2 Å². The maximum absolute atomic E-state index is 14.3. The molecule has 41 heavy (non-hydrogen) atoms. The van der Waals surface area contributed by atoms with Gasteiger partial charge in [0.25, 0.3) is 5.91 Å². The van der Waals surface area contributed by atoms with E-state index in [4.69, 9.17) is 14.0 Å². The maximum Gasteiger partial charge on any atom is 0.417 e. The number of amides is 2. The zero-order valence-electron chi connectivity index (χ0n) is 23.8. The molecule has 4 aromatic rings. The summed E-state index contributed by atoms with van der Waals surface area (Å²) in [6.07, 6.45) is -2.35. The molecule has 3 aromatic carbocycles. The van der Waals surface area contributed by atoms with Gasteiger partial charge < -0.3 is 19.1 Å². The summed E-state index contributed by atoms with van der Waals surface area (Å²) in [6, 6.07) is 26.0. The summed E-state index contributed by atoms with van der Waals surface area (Å²) in [5.74, 6) is -0.282. The third-order valence-electron chi connectivity index (χ3n) is 7.55. The van der Waals surface area contributed by atoms with Crippen LogP contribution in [0.3, 0.4) is 0 Å². The maximum atomic E-state index is 14.3. The minimum Gasteiger partial charge on any atom is -0.440 e. The number of hydrogen-bond donors (Lipinski definition) is 1. The van der Waals surface area contributed by atoms with E-state index in [1.807, 2.05) is 61.5 Å². The first-order chi connectivity index (χ1) is 19.5. The van der Waals surface area contributed by atoms with E-state index in [0.717, 1.165) is 27.2 Å². The van der Waals surface area contributed by atoms with Gasteiger partial charge in [0.05, 0.1) is 6.61 Å². The Bertz CT molecular complexity index is 1530. The van der Waals surface area contributed by atoms with Crippen molar-refractivity contribution >= 4 is 12.0 Å². The van der Waals surface area contributed by atoms with Crippen molar-refractivity contribution in [3.63, 3.8) is 0 Å². The number of aliphatic hydroxyl groups excluding tert-OH is 1. The summed E-state index contributed by atoms with van der Waals surface area (Å²) in [7, 11) is 0. The largest absolute Gasteiger partial charge is 0.440 e. The second-order valence-electron chi connectivity index (χ2n) is 11.2. The fourth-order valence-electron chi connectivity index (χ4n) is 5.20. The highest BCUT2D eigenvalue weighted by molar-refractivity contribution is 5.99. The van der Waals surface area contributed by atoms with Crippen molar-refractivity contribution in [1.82, 2.24) is 10.1 Å². The zero-order valence-corrected chi connectivity index (χ0v) is 23.8. The number of hydrogen-bond acceptors (Lipinski definition) is 7. The monoisotopic (exact) mass is 554 g/mol. The Hall–Kier alpha value is -4.27. The van der Waals surface area contributed by atoms with E-state index in [9.17, 15) is 14.7 Å². The van der Waals surface area contributed by atoms with Gasteiger partial charge in [-0.25, -0.2) is 9.69 Å². The molecule has 0 unspecified atom stereocenters. The van der Waals surface area contributed by atoms with Crippen molar-refractivity contribution in [1.29, 1.82) is 0 Å². The molecule has 0 aliphatic carbocycles. The third kappa shape index (κ3) is 5.53. The summed E-state index contributed by atoms with van der Waals surface area (Å²) in [5, 5.41) is 15.4. The predicted octanol–water partition coefficient (Wildman–Crippen LogP) is 6.47. The van der Waals surface area contributed by atoms with Gasteiger partial charge in [-0.3, -0.25) is 4.79 Å². The molecule has 2 heterocycles. The number of aromatic nitrogens is 1. The predicted molar refractivity (Wildman–Crippen MR) is 153 cm³/mol. The molecule has 8 nitrogen and oxygen atoms in total. The van der Waals surface area contributed by atoms with Crippen molar-refractivity contribution < 1.29 is 28.7 Å². The number of carbonyl (C=O) groups is 2. The molecule has 5 rings (SSSR count). The fourth-order valence-corrected chi connectivity index (χ4v) is 5.20. The molecule has 3 atom stereocenters. The molecular formula is C33H34N2O6. The molecule has 1 fully saturated rings. The molecule has 1 aromatic heterocycles. The molecule has 1 aliphatic heterocycles. The van der Waals surface area contributed by atoms with Gasteiger partial charge in [-0.05, 0) is 56.9 Å². The van der Waals surface area contributed by atoms with E-state index in [2.05, 4.69) is 29.4 Å². The first kappa shape index (κ1) is 28.3. The first-order valence-corrected chi connectivity index (χ1v) is 13.5. The van der Waals surface area contributed by atoms with E-state index >= 15 is 0 Å². The van der Waals surface area contributed by atoms with Crippen molar-refractivity contribution in [3.8, 4) is 11.1 Å². The topological polar surface area (TPSA) is 102 Å². The Balaban J connectivity index is 1.47. The van der Waals surface area contributed by atoms with E-state index < -0.39 is 35.3 Å². The van der Waals surface area contributed by atoms with Crippen LogP contribution in [0.2, 0.25) is 0 Å². The lowest BCUT2D eigenvalue weighted by molar-refractivity contribution is -0.175. The number of carbonyl (C=O) groups excluding carboxylic acids is 2. The van der Waals surface area contributed by atoms with Crippen LogP contribution in [-0.2, 0) is 20.9 Å². The number of aliphatic hydroxyl groups is 1. The van der Waals surface area contributed by atoms with Gasteiger partial charge in [-0.1, -0.05) is 89.6 Å². The molecule has 0 saturated carbocycles. The SMILES string of the molecule is Cc1ccc(-c2ccc(CO[C@](C)(C(=O)N3C(=O)OC(C)(C)[C@@H]3c3ccccc3)[C@@H](O)c3cc(C)on3)cc2)cc1. The number of cyclic esters (lactones) is 1. The van der Waals surface area contributed by atoms with Crippen LogP contribution in [0.4, 0.5) is 4.79 Å². The first-order valence-electron chi connectivity index (χ1n) is 13.5. The quantitative estimate of drug-likeness (QED) is 0.266. The van der Waals surface area contributed by atoms with Crippen LogP contribution in [0.1, 0.15) is 61.1 Å². The highest BCUT2D eigenvalue weighted by Gasteiger charge is 2.57. The Labute approximate surface area is 239 Å². The van der Waals surface area contributed by atoms with Gasteiger partial charge in [0.2, 0.25) is 0 Å². The standard InChI is InChI=1S/C33H34N2O6/c1-21-11-15-24(16-12-21)25-17-13-23(14-18-25)20-39-33(5,29(36)27-19-22(2)41-34-27)30(37)35-28(26-9-7-6-8-10-26)32(3,4)40-31(35)38/h6-19,28-29,36H,20H2,1-5H3/t28-,29-,33-/m0/s1. The van der Waals surface area contributed by atoms with Crippen molar-refractivity contribution in [2.45, 2.75) is 64.6 Å². The molecule has 0 radical (unpaired) electrons. The van der Waals surface area contributed by atoms with Crippen molar-refractivity contribution in [3.05, 3.63) is 113 Å². The number of ether oxygens (including phenoxy) is 2. The highest BCUT2D eigenvalue weighted by Crippen LogP contribution is 2.44. The lowest BCUT2D eigenvalue weighted by Gasteiger charge is -2.37. The number of rotatable bonds is 8. The van der Waals surface area contributed by atoms with Crippen LogP contribution in [0.15, 0.2) is 89.5 Å². The summed E-state index contributed by atoms with van der Waals surface area (Å²) >= 11 is 0. The molecule has 1 N–H and O–H groups in total. The van der Waals surface area contributed by atoms with E-state index in [0.29, 0.717) is 5.76 Å². The van der Waals surface area contributed by atoms with Crippen LogP contribution in [-0.4, -0.2) is 38.4 Å². The zero-order chi connectivity index (χ0) is 29.4. The average molecular weight is 555 g/mol. The summed E-state index contributed by atoms with van der Waals surface area (Å²) in [4.78, 5) is 28.6. The molecular weight excluding hydrogens is 520 g/mol. The van der Waals surface area contributed by atoms with Crippen LogP contribution in [0, 0.1) is 13.8 Å². The second kappa shape index (κ2) is 11.0. The third-order valence-corrected chi connectivity index (χ3v) is 7.55. The van der Waals surface area contributed by atoms with Gasteiger partial charge in [-0.15, -0.1) is 0 Å².